The Balaban J connectivity index is 0.000000411. The Kier molecular flexibility index (Phi) is 13.1. The minimum atomic E-state index is -2.38. The number of nitriles is 1. The molecule has 0 aliphatic carbocycles. The summed E-state index contributed by atoms with van der Waals surface area (Å²) < 4.78 is 21.8. The summed E-state index contributed by atoms with van der Waals surface area (Å²) in [6.45, 7) is 12.0. The number of carbonyl (C=O) groups excluding carboxylic acids is 3. The molecule has 4 aliphatic heterocycles. The summed E-state index contributed by atoms with van der Waals surface area (Å²) in [5, 5.41) is 30.5. The smallest absolute Gasteiger partial charge is 0.508 e. The summed E-state index contributed by atoms with van der Waals surface area (Å²) in [5.74, 6) is -5.57. The topological polar surface area (TPSA) is 205 Å². The molecule has 4 saturated heterocycles. The van der Waals surface area contributed by atoms with E-state index in [9.17, 15) is 34.2 Å². The lowest BCUT2D eigenvalue weighted by atomic mass is 9.71. The molecule has 51 heavy (non-hydrogen) atoms. The van der Waals surface area contributed by atoms with Crippen molar-refractivity contribution in [3.05, 3.63) is 35.9 Å². The van der Waals surface area contributed by atoms with Gasteiger partial charge in [-0.05, 0) is 64.9 Å². The number of amides is 2. The lowest BCUT2D eigenvalue weighted by Crippen LogP contribution is -2.61. The second-order valence-corrected chi connectivity index (χ2v) is 14.4. The maximum Gasteiger partial charge on any atom is 0.552 e. The molecule has 3 unspecified atom stereocenters. The molecule has 0 saturated carbocycles. The highest BCUT2D eigenvalue weighted by Crippen LogP contribution is 2.47. The van der Waals surface area contributed by atoms with E-state index < -0.39 is 61.0 Å². The highest BCUT2D eigenvalue weighted by molar-refractivity contribution is 6.50. The van der Waals surface area contributed by atoms with E-state index in [0.29, 0.717) is 30.0 Å². The number of carboxylic acids is 2. The van der Waals surface area contributed by atoms with Crippen LogP contribution in [0, 0.1) is 11.3 Å². The molecule has 15 nitrogen and oxygen atoms in total. The van der Waals surface area contributed by atoms with Gasteiger partial charge >= 0.3 is 25.2 Å². The molecule has 3 atom stereocenters. The minimum Gasteiger partial charge on any atom is -0.508 e. The summed E-state index contributed by atoms with van der Waals surface area (Å²) in [6, 6.07) is 10.6. The average Bonchev–Trinajstić information content (AvgIpc) is 3.63. The molecule has 0 spiro atoms. The van der Waals surface area contributed by atoms with Crippen LogP contribution in [0.4, 0.5) is 4.79 Å². The van der Waals surface area contributed by atoms with Gasteiger partial charge in [0.25, 0.3) is 5.97 Å². The maximum absolute atomic E-state index is 13.0. The fourth-order valence-corrected chi connectivity index (χ4v) is 7.34. The Morgan fingerprint density at radius 3 is 2.45 bits per heavy atom. The highest BCUT2D eigenvalue weighted by atomic mass is 16.7. The van der Waals surface area contributed by atoms with Gasteiger partial charge in [0, 0.05) is 24.7 Å². The van der Waals surface area contributed by atoms with E-state index in [1.165, 1.54) is 6.42 Å². The number of hydrogen-bond acceptors (Lipinski definition) is 11. The van der Waals surface area contributed by atoms with Gasteiger partial charge in [-0.15, -0.1) is 0 Å². The monoisotopic (exact) mass is 712 g/mol. The first kappa shape index (κ1) is 39.6. The van der Waals surface area contributed by atoms with Crippen LogP contribution >= 0.6 is 0 Å². The van der Waals surface area contributed by atoms with Crippen LogP contribution in [-0.4, -0.2) is 118 Å². The van der Waals surface area contributed by atoms with Crippen LogP contribution < -0.4 is 5.32 Å². The van der Waals surface area contributed by atoms with Crippen molar-refractivity contribution in [2.24, 2.45) is 0 Å². The van der Waals surface area contributed by atoms with Crippen molar-refractivity contribution in [1.82, 2.24) is 15.1 Å². The number of hydrogen-bond donors (Lipinski definition) is 3. The van der Waals surface area contributed by atoms with Gasteiger partial charge in [-0.2, -0.15) is 5.26 Å². The Hall–Kier alpha value is -4.20. The number of fused-ring (bicyclic) bond motifs is 2. The van der Waals surface area contributed by atoms with Crippen molar-refractivity contribution in [3.63, 3.8) is 0 Å². The summed E-state index contributed by atoms with van der Waals surface area (Å²) in [6.07, 6.45) is 1.38. The van der Waals surface area contributed by atoms with Crippen LogP contribution in [0.3, 0.4) is 0 Å². The van der Waals surface area contributed by atoms with Crippen LogP contribution in [0.15, 0.2) is 30.3 Å². The molecule has 2 amide bonds. The normalized spacial score (nSPS) is 26.6. The van der Waals surface area contributed by atoms with Crippen molar-refractivity contribution in [1.29, 1.82) is 5.26 Å². The van der Waals surface area contributed by atoms with E-state index >= 15 is 0 Å². The summed E-state index contributed by atoms with van der Waals surface area (Å²) in [7, 11) is -1.62. The molecule has 5 rings (SSSR count). The van der Waals surface area contributed by atoms with E-state index in [4.69, 9.17) is 24.0 Å². The second kappa shape index (κ2) is 16.9. The first-order chi connectivity index (χ1) is 24.1. The van der Waals surface area contributed by atoms with Crippen molar-refractivity contribution < 1.29 is 53.0 Å². The molecular formula is C35H49BN4O11. The number of carboxylic acid groups (broad SMARTS) is 2. The second-order valence-electron chi connectivity index (χ2n) is 14.4. The van der Waals surface area contributed by atoms with Gasteiger partial charge in [0.15, 0.2) is 5.60 Å². The number of nitrogens with one attached hydrogen (secondary N) is 1. The predicted molar refractivity (Wildman–Crippen MR) is 182 cm³/mol. The van der Waals surface area contributed by atoms with E-state index in [-0.39, 0.29) is 31.4 Å². The standard InChI is InChI=1S/C25H28BN3O10.C10H21NO/c27-11-8-19(30)29-17-6-9-24(29,10-7-17)15-37-23(36)28-18(12-16-4-2-1-3-5-16)26-38-21(33)14-25(39-26,22(34)35)13-20(31)32;1-5-10(3,4)11-6-7-12-9(2)8-11/h1-5,17-18H,6-10,12-15H2,(H,28,36)(H,31,32)(H,34,35);9H,5-8H2,1-4H3. The molecule has 1 aromatic carbocycles. The van der Waals surface area contributed by atoms with Gasteiger partial charge < -0.3 is 39.2 Å². The fraction of sp³-hybridized carbons (Fsp3) is 0.657. The molecule has 1 aromatic rings. The lowest BCUT2D eigenvalue weighted by molar-refractivity contribution is -0.175. The van der Waals surface area contributed by atoms with Crippen LogP contribution in [-0.2, 0) is 44.4 Å². The molecule has 0 radical (unpaired) electrons. The van der Waals surface area contributed by atoms with E-state index in [2.05, 4.69) is 37.9 Å². The number of benzene rings is 1. The molecule has 4 aliphatic rings. The van der Waals surface area contributed by atoms with E-state index in [1.54, 1.807) is 35.2 Å². The van der Waals surface area contributed by atoms with Gasteiger partial charge in [-0.1, -0.05) is 37.3 Å². The molecule has 16 heteroatoms. The summed E-state index contributed by atoms with van der Waals surface area (Å²) in [4.78, 5) is 65.5. The lowest BCUT2D eigenvalue weighted by Gasteiger charge is -2.42. The van der Waals surface area contributed by atoms with Crippen LogP contribution in [0.25, 0.3) is 0 Å². The Morgan fingerprint density at radius 2 is 1.86 bits per heavy atom. The molecular weight excluding hydrogens is 663 g/mol. The number of ether oxygens (including phenoxy) is 2. The number of rotatable bonds is 12. The van der Waals surface area contributed by atoms with Gasteiger partial charge in [0.2, 0.25) is 5.91 Å². The summed E-state index contributed by atoms with van der Waals surface area (Å²) >= 11 is 0. The number of alkyl carbamates (subject to hydrolysis) is 1. The summed E-state index contributed by atoms with van der Waals surface area (Å²) in [5.41, 5.74) is -2.06. The van der Waals surface area contributed by atoms with Gasteiger partial charge in [-0.25, -0.2) is 9.59 Å². The number of carbonyl (C=O) groups is 5. The third-order valence-electron chi connectivity index (χ3n) is 10.5. The Bertz CT molecular complexity index is 1460. The predicted octanol–water partition coefficient (Wildman–Crippen LogP) is 2.95. The number of morpholine rings is 1. The number of aliphatic carboxylic acids is 2. The molecule has 2 bridgehead atoms. The SMILES string of the molecule is CCC(C)(C)N1CCOC(C)C1.N#CCC(=O)N1C2CCC1(COC(=O)NC(Cc1ccccc1)B1OC(=O)CC(CC(=O)O)(C(=O)O)O1)CC2. The zero-order valence-corrected chi connectivity index (χ0v) is 29.8. The first-order valence-corrected chi connectivity index (χ1v) is 17.5. The van der Waals surface area contributed by atoms with Crippen LogP contribution in [0.1, 0.15) is 84.6 Å². The first-order valence-electron chi connectivity index (χ1n) is 17.5. The van der Waals surface area contributed by atoms with Crippen molar-refractivity contribution in [2.75, 3.05) is 26.3 Å². The highest BCUT2D eigenvalue weighted by Gasteiger charge is 2.56. The van der Waals surface area contributed by atoms with Gasteiger partial charge in [0.1, 0.15) is 13.0 Å². The van der Waals surface area contributed by atoms with Crippen LogP contribution in [0.5, 0.6) is 0 Å². The van der Waals surface area contributed by atoms with E-state index in [1.807, 2.05) is 6.07 Å². The Morgan fingerprint density at radius 1 is 1.18 bits per heavy atom. The zero-order chi connectivity index (χ0) is 37.4. The third kappa shape index (κ3) is 9.78. The largest absolute Gasteiger partial charge is 0.552 e. The molecule has 4 fully saturated rings. The van der Waals surface area contributed by atoms with Gasteiger partial charge in [-0.3, -0.25) is 19.3 Å². The Labute approximate surface area is 298 Å². The molecule has 0 aromatic heterocycles. The number of nitrogens with zero attached hydrogens (tertiary/aromatic N) is 3. The zero-order valence-electron chi connectivity index (χ0n) is 29.8. The van der Waals surface area contributed by atoms with Crippen molar-refractivity contribution in [2.45, 2.75) is 120 Å². The van der Waals surface area contributed by atoms with Crippen molar-refractivity contribution in [3.8, 4) is 6.07 Å². The third-order valence-corrected chi connectivity index (χ3v) is 10.5. The fourth-order valence-electron chi connectivity index (χ4n) is 7.34. The average molecular weight is 713 g/mol. The molecule has 3 N–H and O–H groups in total. The maximum atomic E-state index is 13.0. The van der Waals surface area contributed by atoms with E-state index in [0.717, 1.165) is 32.5 Å². The molecule has 278 valence electrons. The minimum absolute atomic E-state index is 0.00299. The molecule has 4 heterocycles. The van der Waals surface area contributed by atoms with Gasteiger partial charge in [0.05, 0.1) is 43.1 Å². The van der Waals surface area contributed by atoms with Crippen LogP contribution in [0.2, 0.25) is 0 Å². The van der Waals surface area contributed by atoms with Crippen molar-refractivity contribution >= 4 is 37.0 Å². The quantitative estimate of drug-likeness (QED) is 0.267.